The molecule has 3 heteroatoms. The highest BCUT2D eigenvalue weighted by atomic mass is 35.5. The van der Waals surface area contributed by atoms with Gasteiger partial charge in [0.1, 0.15) is 0 Å². The lowest BCUT2D eigenvalue weighted by Gasteiger charge is -2.48. The number of hydrogen-bond donors (Lipinski definition) is 2. The Labute approximate surface area is 113 Å². The van der Waals surface area contributed by atoms with E-state index in [1.807, 2.05) is 18.2 Å². The van der Waals surface area contributed by atoms with E-state index in [4.69, 9.17) is 11.6 Å². The lowest BCUT2D eigenvalue weighted by Crippen LogP contribution is -2.53. The Morgan fingerprint density at radius 2 is 2.06 bits per heavy atom. The minimum Gasteiger partial charge on any atom is -0.389 e. The van der Waals surface area contributed by atoms with E-state index in [2.05, 4.69) is 11.4 Å². The third kappa shape index (κ3) is 2.07. The van der Waals surface area contributed by atoms with Crippen molar-refractivity contribution in [3.05, 3.63) is 34.9 Å². The molecule has 0 aromatic heterocycles. The summed E-state index contributed by atoms with van der Waals surface area (Å²) in [5.74, 6) is 0.305. The summed E-state index contributed by atoms with van der Waals surface area (Å²) in [5, 5.41) is 15.2. The quantitative estimate of drug-likeness (QED) is 0.817. The number of piperidine rings is 1. The Balaban J connectivity index is 1.94. The highest BCUT2D eigenvalue weighted by molar-refractivity contribution is 6.31. The Hall–Kier alpha value is -0.570. The molecule has 2 fully saturated rings. The van der Waals surface area contributed by atoms with E-state index in [1.54, 1.807) is 0 Å². The topological polar surface area (TPSA) is 32.3 Å². The number of benzene rings is 1. The molecule has 1 saturated heterocycles. The van der Waals surface area contributed by atoms with E-state index in [0.29, 0.717) is 5.92 Å². The molecular weight excluding hydrogens is 246 g/mol. The number of nitrogens with one attached hydrogen (secondary N) is 1. The Morgan fingerprint density at radius 3 is 2.89 bits per heavy atom. The number of halogens is 1. The normalized spacial score (nSPS) is 36.1. The van der Waals surface area contributed by atoms with Crippen LogP contribution in [0.4, 0.5) is 0 Å². The van der Waals surface area contributed by atoms with Crippen molar-refractivity contribution >= 4 is 11.6 Å². The fraction of sp³-hybridized carbons (Fsp3) is 0.600. The molecule has 2 nitrogen and oxygen atoms in total. The second-order valence-electron chi connectivity index (χ2n) is 5.66. The zero-order chi connectivity index (χ0) is 12.6. The van der Waals surface area contributed by atoms with Crippen molar-refractivity contribution in [3.8, 4) is 0 Å². The number of rotatable bonds is 1. The fourth-order valence-electron chi connectivity index (χ4n) is 3.68. The molecule has 0 amide bonds. The first kappa shape index (κ1) is 12.5. The molecule has 1 aromatic rings. The Kier molecular flexibility index (Phi) is 3.35. The van der Waals surface area contributed by atoms with E-state index in [9.17, 15) is 5.11 Å². The van der Waals surface area contributed by atoms with E-state index in [-0.39, 0.29) is 6.04 Å². The van der Waals surface area contributed by atoms with E-state index < -0.39 is 5.60 Å². The van der Waals surface area contributed by atoms with Gasteiger partial charge in [0.2, 0.25) is 0 Å². The molecule has 2 N–H and O–H groups in total. The average Bonchev–Trinajstić information content (AvgIpc) is 2.38. The van der Waals surface area contributed by atoms with E-state index in [1.165, 1.54) is 6.42 Å². The van der Waals surface area contributed by atoms with Gasteiger partial charge in [-0.1, -0.05) is 42.6 Å². The van der Waals surface area contributed by atoms with Crippen LogP contribution in [0.15, 0.2) is 24.3 Å². The highest BCUT2D eigenvalue weighted by Gasteiger charge is 2.46. The molecule has 0 radical (unpaired) electrons. The van der Waals surface area contributed by atoms with Crippen LogP contribution in [0, 0.1) is 5.92 Å². The van der Waals surface area contributed by atoms with Gasteiger partial charge in [-0.3, -0.25) is 0 Å². The van der Waals surface area contributed by atoms with E-state index in [0.717, 1.165) is 42.8 Å². The molecule has 0 spiro atoms. The van der Waals surface area contributed by atoms with Gasteiger partial charge < -0.3 is 10.4 Å². The third-order valence-corrected chi connectivity index (χ3v) is 4.97. The van der Waals surface area contributed by atoms with Gasteiger partial charge in [-0.05, 0) is 37.4 Å². The molecule has 18 heavy (non-hydrogen) atoms. The smallest absolute Gasteiger partial charge is 0.0706 e. The third-order valence-electron chi connectivity index (χ3n) is 4.63. The Bertz CT molecular complexity index is 432. The second-order valence-corrected chi connectivity index (χ2v) is 6.07. The van der Waals surface area contributed by atoms with Crippen LogP contribution >= 0.6 is 11.6 Å². The second kappa shape index (κ2) is 4.84. The highest BCUT2D eigenvalue weighted by Crippen LogP contribution is 2.46. The molecule has 3 atom stereocenters. The van der Waals surface area contributed by atoms with Crippen LogP contribution in [-0.2, 0) is 0 Å². The van der Waals surface area contributed by atoms with Gasteiger partial charge in [0.05, 0.1) is 5.60 Å². The standard InChI is InChI=1S/C15H20ClNO/c16-13-7-2-1-5-11(13)14-12-6-3-4-8-15(12,18)9-10-17-14/h1-2,5,7,12,14,17-18H,3-4,6,8-10H2. The van der Waals surface area contributed by atoms with Crippen molar-refractivity contribution in [1.29, 1.82) is 0 Å². The number of fused-ring (bicyclic) bond motifs is 1. The van der Waals surface area contributed by atoms with Crippen LogP contribution in [0.2, 0.25) is 5.02 Å². The van der Waals surface area contributed by atoms with Crippen molar-refractivity contribution in [2.24, 2.45) is 5.92 Å². The van der Waals surface area contributed by atoms with Gasteiger partial charge in [0.25, 0.3) is 0 Å². The molecule has 3 rings (SSSR count). The predicted octanol–water partition coefficient (Wildman–Crippen LogP) is 3.30. The van der Waals surface area contributed by atoms with Crippen molar-refractivity contribution in [3.63, 3.8) is 0 Å². The first-order chi connectivity index (χ1) is 8.71. The van der Waals surface area contributed by atoms with Gasteiger partial charge in [-0.25, -0.2) is 0 Å². The van der Waals surface area contributed by atoms with Crippen LogP contribution in [0.3, 0.4) is 0 Å². The average molecular weight is 266 g/mol. The summed E-state index contributed by atoms with van der Waals surface area (Å²) in [7, 11) is 0. The first-order valence-corrected chi connectivity index (χ1v) is 7.29. The fourth-order valence-corrected chi connectivity index (χ4v) is 3.93. The number of hydrogen-bond acceptors (Lipinski definition) is 2. The summed E-state index contributed by atoms with van der Waals surface area (Å²) in [5.41, 5.74) is 0.664. The molecule has 3 unspecified atom stereocenters. The predicted molar refractivity (Wildman–Crippen MR) is 73.7 cm³/mol. The number of aliphatic hydroxyl groups is 1. The van der Waals surface area contributed by atoms with Gasteiger partial charge in [0.15, 0.2) is 0 Å². The SMILES string of the molecule is OC12CCCCC1C(c1ccccc1Cl)NCC2. The molecule has 1 saturated carbocycles. The van der Waals surface area contributed by atoms with Gasteiger partial charge in [0, 0.05) is 17.0 Å². The summed E-state index contributed by atoms with van der Waals surface area (Å²) in [4.78, 5) is 0. The maximum absolute atomic E-state index is 10.8. The maximum Gasteiger partial charge on any atom is 0.0706 e. The van der Waals surface area contributed by atoms with Crippen molar-refractivity contribution in [2.45, 2.75) is 43.7 Å². The lowest BCUT2D eigenvalue weighted by atomic mass is 9.67. The summed E-state index contributed by atoms with van der Waals surface area (Å²) in [6, 6.07) is 8.22. The summed E-state index contributed by atoms with van der Waals surface area (Å²) in [6.45, 7) is 0.878. The Morgan fingerprint density at radius 1 is 1.22 bits per heavy atom. The van der Waals surface area contributed by atoms with Crippen LogP contribution in [-0.4, -0.2) is 17.3 Å². The maximum atomic E-state index is 10.8. The van der Waals surface area contributed by atoms with E-state index >= 15 is 0 Å². The molecule has 1 aliphatic heterocycles. The minimum atomic E-state index is -0.479. The van der Waals surface area contributed by atoms with Crippen LogP contribution < -0.4 is 5.32 Å². The van der Waals surface area contributed by atoms with Crippen LogP contribution in [0.25, 0.3) is 0 Å². The molecule has 1 aliphatic carbocycles. The van der Waals surface area contributed by atoms with Crippen LogP contribution in [0.1, 0.15) is 43.7 Å². The summed E-state index contributed by atoms with van der Waals surface area (Å²) in [6.07, 6.45) is 5.29. The van der Waals surface area contributed by atoms with Crippen LogP contribution in [0.5, 0.6) is 0 Å². The molecule has 98 valence electrons. The minimum absolute atomic E-state index is 0.206. The monoisotopic (exact) mass is 265 g/mol. The molecule has 1 aromatic carbocycles. The largest absolute Gasteiger partial charge is 0.389 e. The van der Waals surface area contributed by atoms with Crippen molar-refractivity contribution in [1.82, 2.24) is 5.32 Å². The zero-order valence-electron chi connectivity index (χ0n) is 10.5. The van der Waals surface area contributed by atoms with Crippen molar-refractivity contribution in [2.75, 3.05) is 6.54 Å². The van der Waals surface area contributed by atoms with Gasteiger partial charge in [-0.2, -0.15) is 0 Å². The van der Waals surface area contributed by atoms with Gasteiger partial charge >= 0.3 is 0 Å². The van der Waals surface area contributed by atoms with Gasteiger partial charge in [-0.15, -0.1) is 0 Å². The molecule has 0 bridgehead atoms. The molecule has 2 aliphatic rings. The summed E-state index contributed by atoms with van der Waals surface area (Å²) < 4.78 is 0. The van der Waals surface area contributed by atoms with Crippen molar-refractivity contribution < 1.29 is 5.11 Å². The zero-order valence-corrected chi connectivity index (χ0v) is 11.3. The lowest BCUT2D eigenvalue weighted by molar-refractivity contribution is -0.0861. The summed E-state index contributed by atoms with van der Waals surface area (Å²) >= 11 is 6.31. The first-order valence-electron chi connectivity index (χ1n) is 6.91. The molecular formula is C15H20ClNO. The molecule has 1 heterocycles.